The number of aliphatic hydroxyl groups is 2. The van der Waals surface area contributed by atoms with Crippen LogP contribution in [0.5, 0.6) is 0 Å². The molecule has 5 nitrogen and oxygen atoms in total. The third-order valence-corrected chi connectivity index (χ3v) is 4.31. The van der Waals surface area contributed by atoms with E-state index >= 15 is 0 Å². The molecule has 6 atom stereocenters. The minimum absolute atomic E-state index is 0.0605. The Morgan fingerprint density at radius 3 is 2.94 bits per heavy atom. The smallest absolute Gasteiger partial charge is 0.216 e. The molecule has 3 heterocycles. The monoisotopic (exact) mass is 228 g/mol. The summed E-state index contributed by atoms with van der Waals surface area (Å²) < 4.78 is 5.26. The quantitative estimate of drug-likeness (QED) is 0.546. The third-order valence-electron chi connectivity index (χ3n) is 4.31. The highest BCUT2D eigenvalue weighted by molar-refractivity contribution is 5.11. The molecule has 0 aromatic rings. The van der Waals surface area contributed by atoms with Crippen LogP contribution in [-0.2, 0) is 4.74 Å². The number of nitrogens with zero attached hydrogens (tertiary/aromatic N) is 1. The average molecular weight is 228 g/mol. The zero-order valence-corrected chi connectivity index (χ0v) is 9.54. The Kier molecular flexibility index (Phi) is 2.68. The van der Waals surface area contributed by atoms with Crippen LogP contribution in [0.15, 0.2) is 0 Å². The van der Waals surface area contributed by atoms with Gasteiger partial charge in [0.1, 0.15) is 0 Å². The molecule has 3 fully saturated rings. The molecule has 3 aliphatic rings. The number of aliphatic hydroxyl groups excluding tert-OH is 2. The first-order chi connectivity index (χ1) is 7.72. The van der Waals surface area contributed by atoms with Crippen LogP contribution in [0.1, 0.15) is 19.8 Å². The van der Waals surface area contributed by atoms with E-state index in [4.69, 9.17) is 4.74 Å². The number of piperidine rings is 2. The predicted molar refractivity (Wildman–Crippen MR) is 57.6 cm³/mol. The topological polar surface area (TPSA) is 65.0 Å². The van der Waals surface area contributed by atoms with Crippen LogP contribution in [0.2, 0.25) is 0 Å². The molecular formula is C11H20N2O3. The maximum absolute atomic E-state index is 10.2. The van der Waals surface area contributed by atoms with Crippen LogP contribution in [-0.4, -0.2) is 58.9 Å². The van der Waals surface area contributed by atoms with Crippen molar-refractivity contribution in [3.05, 3.63) is 0 Å². The highest BCUT2D eigenvalue weighted by atomic mass is 16.6. The van der Waals surface area contributed by atoms with Gasteiger partial charge in [0, 0.05) is 18.7 Å². The lowest BCUT2D eigenvalue weighted by molar-refractivity contribution is -0.220. The van der Waals surface area contributed by atoms with E-state index in [1.54, 1.807) is 0 Å². The van der Waals surface area contributed by atoms with Gasteiger partial charge in [-0.3, -0.25) is 0 Å². The summed E-state index contributed by atoms with van der Waals surface area (Å²) in [6, 6.07) is 0.401. The molecule has 3 bridgehead atoms. The fraction of sp³-hybridized carbons (Fsp3) is 1.00. The molecule has 3 saturated heterocycles. The predicted octanol–water partition coefficient (Wildman–Crippen LogP) is -0.906. The van der Waals surface area contributed by atoms with Gasteiger partial charge in [-0.1, -0.05) is 0 Å². The lowest BCUT2D eigenvalue weighted by Gasteiger charge is -2.44. The Morgan fingerprint density at radius 2 is 2.19 bits per heavy atom. The summed E-state index contributed by atoms with van der Waals surface area (Å²) in [6.07, 6.45) is 0.800. The van der Waals surface area contributed by atoms with E-state index in [0.29, 0.717) is 12.5 Å². The van der Waals surface area contributed by atoms with E-state index < -0.39 is 6.41 Å². The number of hydrogen-bond acceptors (Lipinski definition) is 5. The van der Waals surface area contributed by atoms with Crippen molar-refractivity contribution >= 4 is 0 Å². The second-order valence-electron chi connectivity index (χ2n) is 5.13. The maximum atomic E-state index is 10.2. The van der Waals surface area contributed by atoms with E-state index in [2.05, 4.69) is 5.32 Å². The molecule has 92 valence electrons. The van der Waals surface area contributed by atoms with Crippen LogP contribution < -0.4 is 5.32 Å². The standard InChI is InChI=1S/C11H20N2O3/c1-2-16-11(15)13-7-3-6-4-8(13)10(14)9(7)12-5-6/h6-12,14-15H,2-5H2,1H3/t6?,7?,8?,9?,10-,11?/m0/s1. The fourth-order valence-corrected chi connectivity index (χ4v) is 3.67. The van der Waals surface area contributed by atoms with Crippen molar-refractivity contribution in [2.45, 2.75) is 50.4 Å². The summed E-state index contributed by atoms with van der Waals surface area (Å²) in [7, 11) is 0. The molecule has 0 amide bonds. The number of nitrogens with one attached hydrogen (secondary N) is 1. The Morgan fingerprint density at radius 1 is 1.44 bits per heavy atom. The summed E-state index contributed by atoms with van der Waals surface area (Å²) in [4.78, 5) is 1.96. The van der Waals surface area contributed by atoms with Gasteiger partial charge in [-0.15, -0.1) is 0 Å². The molecule has 0 aliphatic carbocycles. The first kappa shape index (κ1) is 10.9. The lowest BCUT2D eigenvalue weighted by Crippen LogP contribution is -2.57. The van der Waals surface area contributed by atoms with Gasteiger partial charge < -0.3 is 20.3 Å². The molecule has 0 aromatic carbocycles. The minimum atomic E-state index is -0.861. The van der Waals surface area contributed by atoms with E-state index in [0.717, 1.165) is 19.4 Å². The van der Waals surface area contributed by atoms with Crippen molar-refractivity contribution in [1.29, 1.82) is 0 Å². The SMILES string of the molecule is CCOC(O)N1C2CC3CNC2[C@@H](O)C1C3. The fourth-order valence-electron chi connectivity index (χ4n) is 3.67. The van der Waals surface area contributed by atoms with Gasteiger partial charge >= 0.3 is 0 Å². The first-order valence-corrected chi connectivity index (χ1v) is 6.21. The summed E-state index contributed by atoms with van der Waals surface area (Å²) in [5, 5.41) is 23.6. The summed E-state index contributed by atoms with van der Waals surface area (Å²) in [6.45, 7) is 3.37. The van der Waals surface area contributed by atoms with Gasteiger partial charge in [-0.2, -0.15) is 0 Å². The Bertz CT molecular complexity index is 274. The third kappa shape index (κ3) is 1.43. The Balaban J connectivity index is 1.82. The van der Waals surface area contributed by atoms with E-state index in [9.17, 15) is 10.2 Å². The van der Waals surface area contributed by atoms with E-state index in [-0.39, 0.29) is 24.2 Å². The minimum Gasteiger partial charge on any atom is -0.390 e. The number of fused-ring (bicyclic) bond motifs is 2. The van der Waals surface area contributed by atoms with Crippen molar-refractivity contribution in [1.82, 2.24) is 10.2 Å². The molecule has 16 heavy (non-hydrogen) atoms. The largest absolute Gasteiger partial charge is 0.390 e. The molecule has 5 unspecified atom stereocenters. The second kappa shape index (κ2) is 3.92. The van der Waals surface area contributed by atoms with E-state index in [1.807, 2.05) is 11.8 Å². The summed E-state index contributed by atoms with van der Waals surface area (Å²) in [5.41, 5.74) is 0. The van der Waals surface area contributed by atoms with E-state index in [1.165, 1.54) is 0 Å². The molecule has 3 aliphatic heterocycles. The van der Waals surface area contributed by atoms with Gasteiger partial charge in [0.25, 0.3) is 0 Å². The number of hydrogen-bond donors (Lipinski definition) is 3. The maximum Gasteiger partial charge on any atom is 0.216 e. The van der Waals surface area contributed by atoms with Crippen molar-refractivity contribution < 1.29 is 14.9 Å². The van der Waals surface area contributed by atoms with Crippen LogP contribution in [0, 0.1) is 5.92 Å². The first-order valence-electron chi connectivity index (χ1n) is 6.21. The number of rotatable bonds is 3. The van der Waals surface area contributed by atoms with Crippen molar-refractivity contribution in [2.75, 3.05) is 13.2 Å². The molecule has 5 heteroatoms. The zero-order valence-electron chi connectivity index (χ0n) is 9.54. The molecular weight excluding hydrogens is 208 g/mol. The summed E-state index contributed by atoms with van der Waals surface area (Å²) >= 11 is 0. The van der Waals surface area contributed by atoms with Crippen LogP contribution in [0.4, 0.5) is 0 Å². The molecule has 0 spiro atoms. The molecule has 3 rings (SSSR count). The van der Waals surface area contributed by atoms with Gasteiger partial charge in [-0.05, 0) is 32.2 Å². The zero-order chi connectivity index (χ0) is 11.3. The summed E-state index contributed by atoms with van der Waals surface area (Å²) in [5.74, 6) is 0.647. The van der Waals surface area contributed by atoms with Gasteiger partial charge in [0.2, 0.25) is 6.41 Å². The van der Waals surface area contributed by atoms with Gasteiger partial charge in [0.15, 0.2) is 0 Å². The molecule has 3 N–H and O–H groups in total. The Hall–Kier alpha value is -0.200. The molecule has 0 saturated carbocycles. The Labute approximate surface area is 95.4 Å². The highest BCUT2D eigenvalue weighted by Crippen LogP contribution is 2.42. The van der Waals surface area contributed by atoms with Crippen molar-refractivity contribution in [3.8, 4) is 0 Å². The van der Waals surface area contributed by atoms with Gasteiger partial charge in [-0.25, -0.2) is 4.90 Å². The van der Waals surface area contributed by atoms with Crippen LogP contribution in [0.3, 0.4) is 0 Å². The molecule has 0 radical (unpaired) electrons. The normalized spacial score (nSPS) is 48.6. The number of ether oxygens (including phenoxy) is 1. The van der Waals surface area contributed by atoms with Crippen LogP contribution >= 0.6 is 0 Å². The van der Waals surface area contributed by atoms with Crippen LogP contribution in [0.25, 0.3) is 0 Å². The van der Waals surface area contributed by atoms with Gasteiger partial charge in [0.05, 0.1) is 12.1 Å². The highest BCUT2D eigenvalue weighted by Gasteiger charge is 2.56. The average Bonchev–Trinajstić information content (AvgIpc) is 2.37. The lowest BCUT2D eigenvalue weighted by atomic mass is 9.88. The van der Waals surface area contributed by atoms with Crippen molar-refractivity contribution in [2.24, 2.45) is 5.92 Å². The molecule has 0 aromatic heterocycles. The van der Waals surface area contributed by atoms with Crippen molar-refractivity contribution in [3.63, 3.8) is 0 Å². The second-order valence-corrected chi connectivity index (χ2v) is 5.13.